The number of hydrogen-bond acceptors (Lipinski definition) is 6. The van der Waals surface area contributed by atoms with Crippen LogP contribution in [-0.4, -0.2) is 53.3 Å². The van der Waals surface area contributed by atoms with Gasteiger partial charge in [0.2, 0.25) is 11.8 Å². The number of carbonyl (C=O) groups excluding carboxylic acids is 2. The van der Waals surface area contributed by atoms with E-state index in [-0.39, 0.29) is 24.3 Å². The van der Waals surface area contributed by atoms with E-state index in [1.807, 2.05) is 30.3 Å². The summed E-state index contributed by atoms with van der Waals surface area (Å²) in [4.78, 5) is 26.4. The van der Waals surface area contributed by atoms with Crippen molar-refractivity contribution in [3.63, 3.8) is 0 Å². The van der Waals surface area contributed by atoms with Crippen molar-refractivity contribution in [2.24, 2.45) is 5.92 Å². The van der Waals surface area contributed by atoms with Crippen molar-refractivity contribution in [3.05, 3.63) is 41.6 Å². The summed E-state index contributed by atoms with van der Waals surface area (Å²) in [5, 5.41) is 10.1. The predicted octanol–water partition coefficient (Wildman–Crippen LogP) is 1.35. The molecule has 1 N–H and O–H groups in total. The Morgan fingerprint density at radius 3 is 2.89 bits per heavy atom. The molecular formula is C19H24N4O4. The lowest BCUT2D eigenvalue weighted by atomic mass is 9.96. The van der Waals surface area contributed by atoms with Gasteiger partial charge in [-0.15, -0.1) is 0 Å². The Morgan fingerprint density at radius 1 is 1.33 bits per heavy atom. The van der Waals surface area contributed by atoms with Crippen LogP contribution in [0.2, 0.25) is 0 Å². The molecule has 0 aliphatic carbocycles. The van der Waals surface area contributed by atoms with Gasteiger partial charge in [0, 0.05) is 19.5 Å². The first-order valence-electron chi connectivity index (χ1n) is 9.15. The largest absolute Gasteiger partial charge is 0.472 e. The SMILES string of the molecule is Cc1nonc1OCCNC(=O)[C@H]1CCC(=O)N(CCc2ccccc2)C1. The highest BCUT2D eigenvalue weighted by Gasteiger charge is 2.29. The number of nitrogens with one attached hydrogen (secondary N) is 1. The van der Waals surface area contributed by atoms with Gasteiger partial charge in [-0.05, 0) is 30.5 Å². The summed E-state index contributed by atoms with van der Waals surface area (Å²) in [6.07, 6.45) is 1.78. The summed E-state index contributed by atoms with van der Waals surface area (Å²) >= 11 is 0. The van der Waals surface area contributed by atoms with Gasteiger partial charge < -0.3 is 15.0 Å². The molecule has 8 heteroatoms. The molecule has 1 atom stereocenters. The highest BCUT2D eigenvalue weighted by atomic mass is 16.6. The molecule has 1 aliphatic rings. The second kappa shape index (κ2) is 9.16. The van der Waals surface area contributed by atoms with Gasteiger partial charge in [-0.1, -0.05) is 35.5 Å². The van der Waals surface area contributed by atoms with Crippen molar-refractivity contribution in [2.75, 3.05) is 26.2 Å². The number of likely N-dealkylation sites (tertiary alicyclic amines) is 1. The van der Waals surface area contributed by atoms with Crippen LogP contribution < -0.4 is 10.1 Å². The van der Waals surface area contributed by atoms with E-state index in [0.717, 1.165) is 6.42 Å². The topological polar surface area (TPSA) is 97.6 Å². The Balaban J connectivity index is 1.41. The molecule has 2 amide bonds. The van der Waals surface area contributed by atoms with Crippen molar-refractivity contribution < 1.29 is 19.0 Å². The van der Waals surface area contributed by atoms with Crippen LogP contribution in [0.5, 0.6) is 5.88 Å². The Kier molecular flexibility index (Phi) is 6.40. The van der Waals surface area contributed by atoms with Crippen LogP contribution in [-0.2, 0) is 16.0 Å². The molecule has 1 aromatic heterocycles. The Labute approximate surface area is 157 Å². The summed E-state index contributed by atoms with van der Waals surface area (Å²) < 4.78 is 9.94. The lowest BCUT2D eigenvalue weighted by Gasteiger charge is -2.32. The molecule has 0 saturated carbocycles. The second-order valence-corrected chi connectivity index (χ2v) is 6.61. The van der Waals surface area contributed by atoms with Crippen LogP contribution in [0.3, 0.4) is 0 Å². The van der Waals surface area contributed by atoms with Gasteiger partial charge in [0.1, 0.15) is 12.3 Å². The van der Waals surface area contributed by atoms with Gasteiger partial charge in [-0.25, -0.2) is 4.63 Å². The van der Waals surface area contributed by atoms with Gasteiger partial charge in [-0.3, -0.25) is 9.59 Å². The summed E-state index contributed by atoms with van der Waals surface area (Å²) in [5.74, 6) is 0.214. The molecule has 1 fully saturated rings. The third-order valence-electron chi connectivity index (χ3n) is 4.64. The lowest BCUT2D eigenvalue weighted by Crippen LogP contribution is -2.46. The highest BCUT2D eigenvalue weighted by Crippen LogP contribution is 2.18. The number of benzene rings is 1. The van der Waals surface area contributed by atoms with E-state index < -0.39 is 0 Å². The minimum atomic E-state index is -0.186. The van der Waals surface area contributed by atoms with Crippen molar-refractivity contribution in [1.29, 1.82) is 0 Å². The molecule has 2 aromatic rings. The predicted molar refractivity (Wildman–Crippen MR) is 97.0 cm³/mol. The monoisotopic (exact) mass is 372 g/mol. The molecule has 1 aromatic carbocycles. The molecule has 1 saturated heterocycles. The van der Waals surface area contributed by atoms with E-state index in [2.05, 4.69) is 20.3 Å². The summed E-state index contributed by atoms with van der Waals surface area (Å²) in [6, 6.07) is 10.0. The molecular weight excluding hydrogens is 348 g/mol. The van der Waals surface area contributed by atoms with Gasteiger partial charge in [-0.2, -0.15) is 0 Å². The fraction of sp³-hybridized carbons (Fsp3) is 0.474. The maximum atomic E-state index is 12.4. The first kappa shape index (κ1) is 18.9. The van der Waals surface area contributed by atoms with E-state index in [0.29, 0.717) is 44.0 Å². The first-order valence-corrected chi connectivity index (χ1v) is 9.15. The molecule has 2 heterocycles. The Bertz CT molecular complexity index is 762. The number of piperidine rings is 1. The third-order valence-corrected chi connectivity index (χ3v) is 4.64. The van der Waals surface area contributed by atoms with Gasteiger partial charge in [0.05, 0.1) is 12.5 Å². The van der Waals surface area contributed by atoms with Gasteiger partial charge in [0.25, 0.3) is 5.88 Å². The number of amides is 2. The standard InChI is InChI=1S/C19H24N4O4/c1-14-19(22-27-21-14)26-12-10-20-18(25)16-7-8-17(24)23(13-16)11-9-15-5-3-2-4-6-15/h2-6,16H,7-13H2,1H3,(H,20,25)/t16-/m0/s1. The minimum Gasteiger partial charge on any atom is -0.472 e. The number of nitrogens with zero attached hydrogens (tertiary/aromatic N) is 3. The molecule has 3 rings (SSSR count). The van der Waals surface area contributed by atoms with Crippen LogP contribution in [0, 0.1) is 12.8 Å². The second-order valence-electron chi connectivity index (χ2n) is 6.61. The molecule has 0 bridgehead atoms. The zero-order chi connectivity index (χ0) is 19.1. The number of rotatable bonds is 8. The van der Waals surface area contributed by atoms with Crippen LogP contribution in [0.15, 0.2) is 35.0 Å². The molecule has 0 radical (unpaired) electrons. The van der Waals surface area contributed by atoms with Crippen LogP contribution >= 0.6 is 0 Å². The van der Waals surface area contributed by atoms with Crippen molar-refractivity contribution in [2.45, 2.75) is 26.2 Å². The normalized spacial score (nSPS) is 17.0. The number of ether oxygens (including phenoxy) is 1. The molecule has 0 spiro atoms. The van der Waals surface area contributed by atoms with E-state index in [1.165, 1.54) is 5.56 Å². The Morgan fingerprint density at radius 2 is 2.15 bits per heavy atom. The number of hydrogen-bond donors (Lipinski definition) is 1. The highest BCUT2D eigenvalue weighted by molar-refractivity contribution is 5.83. The zero-order valence-corrected chi connectivity index (χ0v) is 15.4. The van der Waals surface area contributed by atoms with E-state index in [1.54, 1.807) is 11.8 Å². The fourth-order valence-electron chi connectivity index (χ4n) is 3.07. The molecule has 1 aliphatic heterocycles. The number of aromatic nitrogens is 2. The number of carbonyl (C=O) groups is 2. The fourth-order valence-corrected chi connectivity index (χ4v) is 3.07. The molecule has 0 unspecified atom stereocenters. The van der Waals surface area contributed by atoms with Crippen LogP contribution in [0.4, 0.5) is 0 Å². The van der Waals surface area contributed by atoms with Gasteiger partial charge >= 0.3 is 0 Å². The maximum Gasteiger partial charge on any atom is 0.278 e. The molecule has 8 nitrogen and oxygen atoms in total. The van der Waals surface area contributed by atoms with E-state index >= 15 is 0 Å². The molecule has 27 heavy (non-hydrogen) atoms. The first-order chi connectivity index (χ1) is 13.1. The van der Waals surface area contributed by atoms with E-state index in [9.17, 15) is 9.59 Å². The molecule has 144 valence electrons. The van der Waals surface area contributed by atoms with E-state index in [4.69, 9.17) is 4.74 Å². The van der Waals surface area contributed by atoms with Crippen LogP contribution in [0.1, 0.15) is 24.1 Å². The average Bonchev–Trinajstić information content (AvgIpc) is 3.10. The van der Waals surface area contributed by atoms with Crippen LogP contribution in [0.25, 0.3) is 0 Å². The van der Waals surface area contributed by atoms with Crippen molar-refractivity contribution in [1.82, 2.24) is 20.5 Å². The average molecular weight is 372 g/mol. The number of aryl methyl sites for hydroxylation is 1. The quantitative estimate of drug-likeness (QED) is 0.703. The summed E-state index contributed by atoms with van der Waals surface area (Å²) in [6.45, 7) is 3.47. The maximum absolute atomic E-state index is 12.4. The zero-order valence-electron chi connectivity index (χ0n) is 15.4. The van der Waals surface area contributed by atoms with Gasteiger partial charge in [0.15, 0.2) is 0 Å². The Hall–Kier alpha value is -2.90. The van der Waals surface area contributed by atoms with Crippen molar-refractivity contribution in [3.8, 4) is 5.88 Å². The third kappa shape index (κ3) is 5.29. The summed E-state index contributed by atoms with van der Waals surface area (Å²) in [5.41, 5.74) is 1.76. The van der Waals surface area contributed by atoms with Crippen molar-refractivity contribution >= 4 is 11.8 Å². The lowest BCUT2D eigenvalue weighted by molar-refractivity contribution is -0.138. The minimum absolute atomic E-state index is 0.0502. The smallest absolute Gasteiger partial charge is 0.278 e. The summed E-state index contributed by atoms with van der Waals surface area (Å²) in [7, 11) is 0.